The predicted molar refractivity (Wildman–Crippen MR) is 101 cm³/mol. The number of nitrogens with zero attached hydrogens (tertiary/aromatic N) is 1. The summed E-state index contributed by atoms with van der Waals surface area (Å²) in [5, 5.41) is 0. The minimum Gasteiger partial charge on any atom is -0.496 e. The van der Waals surface area contributed by atoms with Crippen molar-refractivity contribution in [2.24, 2.45) is 0 Å². The summed E-state index contributed by atoms with van der Waals surface area (Å²) in [6, 6.07) is 15.8. The Labute approximate surface area is 155 Å². The Bertz CT molecular complexity index is 685. The molecule has 0 radical (unpaired) electrons. The first-order chi connectivity index (χ1) is 12.8. The van der Waals surface area contributed by atoms with Crippen molar-refractivity contribution in [1.29, 1.82) is 0 Å². The summed E-state index contributed by atoms with van der Waals surface area (Å²) in [5.41, 5.74) is 1.05. The van der Waals surface area contributed by atoms with Crippen molar-refractivity contribution in [3.8, 4) is 17.2 Å². The third-order valence-corrected chi connectivity index (χ3v) is 4.64. The smallest absolute Gasteiger partial charge is 0.162 e. The number of ether oxygens (including phenoxy) is 4. The molecule has 0 N–H and O–H groups in total. The molecule has 1 aliphatic heterocycles. The van der Waals surface area contributed by atoms with Gasteiger partial charge in [0, 0.05) is 31.6 Å². The van der Waals surface area contributed by atoms with Crippen molar-refractivity contribution in [3.05, 3.63) is 54.1 Å². The monoisotopic (exact) mass is 357 g/mol. The molecule has 1 heterocycles. The van der Waals surface area contributed by atoms with Gasteiger partial charge in [0.1, 0.15) is 11.9 Å². The SMILES string of the molecule is COc1ccccc1OC(CCN1CCOCC1)c1ccccc1OC. The molecule has 0 bridgehead atoms. The lowest BCUT2D eigenvalue weighted by Crippen LogP contribution is -2.37. The van der Waals surface area contributed by atoms with Crippen molar-refractivity contribution >= 4 is 0 Å². The first-order valence-electron chi connectivity index (χ1n) is 9.04. The predicted octanol–water partition coefficient (Wildman–Crippen LogP) is 3.55. The van der Waals surface area contributed by atoms with E-state index in [0.717, 1.165) is 62.1 Å². The van der Waals surface area contributed by atoms with Crippen LogP contribution in [-0.2, 0) is 4.74 Å². The van der Waals surface area contributed by atoms with Crippen LogP contribution >= 0.6 is 0 Å². The average Bonchev–Trinajstić information content (AvgIpc) is 2.72. The summed E-state index contributed by atoms with van der Waals surface area (Å²) in [4.78, 5) is 2.41. The molecule has 0 spiro atoms. The van der Waals surface area contributed by atoms with Crippen LogP contribution in [0.4, 0.5) is 0 Å². The van der Waals surface area contributed by atoms with Crippen LogP contribution in [-0.4, -0.2) is 52.0 Å². The first kappa shape index (κ1) is 18.5. The van der Waals surface area contributed by atoms with Crippen molar-refractivity contribution in [2.45, 2.75) is 12.5 Å². The van der Waals surface area contributed by atoms with E-state index in [0.29, 0.717) is 0 Å². The van der Waals surface area contributed by atoms with Gasteiger partial charge in [-0.2, -0.15) is 0 Å². The number of morpholine rings is 1. The van der Waals surface area contributed by atoms with E-state index >= 15 is 0 Å². The van der Waals surface area contributed by atoms with Crippen LogP contribution < -0.4 is 14.2 Å². The second-order valence-corrected chi connectivity index (χ2v) is 6.24. The van der Waals surface area contributed by atoms with E-state index in [4.69, 9.17) is 18.9 Å². The molecule has 0 aliphatic carbocycles. The van der Waals surface area contributed by atoms with Gasteiger partial charge in [-0.05, 0) is 18.2 Å². The molecule has 1 unspecified atom stereocenters. The van der Waals surface area contributed by atoms with Crippen molar-refractivity contribution in [3.63, 3.8) is 0 Å². The Kier molecular flexibility index (Phi) is 6.75. The first-order valence-corrected chi connectivity index (χ1v) is 9.04. The fourth-order valence-corrected chi connectivity index (χ4v) is 3.20. The molecule has 0 saturated carbocycles. The van der Waals surface area contributed by atoms with Crippen molar-refractivity contribution in [1.82, 2.24) is 4.90 Å². The normalized spacial score (nSPS) is 16.1. The van der Waals surface area contributed by atoms with Crippen LogP contribution in [0.1, 0.15) is 18.1 Å². The summed E-state index contributed by atoms with van der Waals surface area (Å²) in [5.74, 6) is 2.32. The Morgan fingerprint density at radius 2 is 1.50 bits per heavy atom. The maximum absolute atomic E-state index is 6.39. The fraction of sp³-hybridized carbons (Fsp3) is 0.429. The molecule has 26 heavy (non-hydrogen) atoms. The van der Waals surface area contributed by atoms with Gasteiger partial charge in [-0.15, -0.1) is 0 Å². The van der Waals surface area contributed by atoms with Gasteiger partial charge in [-0.3, -0.25) is 4.90 Å². The van der Waals surface area contributed by atoms with Gasteiger partial charge in [0.05, 0.1) is 27.4 Å². The molecule has 1 aliphatic rings. The standard InChI is InChI=1S/C21H27NO4/c1-23-18-8-4-3-7-17(18)19(11-12-22-13-15-25-16-14-22)26-21-10-6-5-9-20(21)24-2/h3-10,19H,11-16H2,1-2H3. The van der Waals surface area contributed by atoms with Gasteiger partial charge in [0.25, 0.3) is 0 Å². The Morgan fingerprint density at radius 1 is 0.885 bits per heavy atom. The zero-order chi connectivity index (χ0) is 18.2. The summed E-state index contributed by atoms with van der Waals surface area (Å²) in [6.07, 6.45) is 0.739. The Morgan fingerprint density at radius 3 is 2.19 bits per heavy atom. The van der Waals surface area contributed by atoms with Crippen molar-refractivity contribution in [2.75, 3.05) is 47.1 Å². The van der Waals surface area contributed by atoms with Gasteiger partial charge in [-0.25, -0.2) is 0 Å². The topological polar surface area (TPSA) is 40.2 Å². The van der Waals surface area contributed by atoms with E-state index in [1.165, 1.54) is 0 Å². The average molecular weight is 357 g/mol. The molecular weight excluding hydrogens is 330 g/mol. The van der Waals surface area contributed by atoms with E-state index in [2.05, 4.69) is 11.0 Å². The van der Waals surface area contributed by atoms with Gasteiger partial charge >= 0.3 is 0 Å². The zero-order valence-corrected chi connectivity index (χ0v) is 15.5. The van der Waals surface area contributed by atoms with E-state index in [-0.39, 0.29) is 6.10 Å². The molecule has 5 heteroatoms. The number of hydrogen-bond acceptors (Lipinski definition) is 5. The van der Waals surface area contributed by atoms with Gasteiger partial charge < -0.3 is 18.9 Å². The lowest BCUT2D eigenvalue weighted by atomic mass is 10.0. The highest BCUT2D eigenvalue weighted by Crippen LogP contribution is 2.35. The second-order valence-electron chi connectivity index (χ2n) is 6.24. The Hall–Kier alpha value is -2.24. The maximum Gasteiger partial charge on any atom is 0.162 e. The highest BCUT2D eigenvalue weighted by molar-refractivity contribution is 5.41. The largest absolute Gasteiger partial charge is 0.496 e. The molecular formula is C21H27NO4. The van der Waals surface area contributed by atoms with Crippen LogP contribution in [0.15, 0.2) is 48.5 Å². The molecule has 0 amide bonds. The third-order valence-electron chi connectivity index (χ3n) is 4.64. The third kappa shape index (κ3) is 4.68. The molecule has 5 nitrogen and oxygen atoms in total. The lowest BCUT2D eigenvalue weighted by molar-refractivity contribution is 0.0314. The maximum atomic E-state index is 6.39. The summed E-state index contributed by atoms with van der Waals surface area (Å²) in [7, 11) is 3.36. The van der Waals surface area contributed by atoms with Crippen LogP contribution in [0.25, 0.3) is 0 Å². The minimum absolute atomic E-state index is 0.120. The molecule has 3 rings (SSSR count). The molecule has 2 aromatic rings. The van der Waals surface area contributed by atoms with E-state index in [1.54, 1.807) is 14.2 Å². The van der Waals surface area contributed by atoms with Crippen LogP contribution in [0.5, 0.6) is 17.2 Å². The number of methoxy groups -OCH3 is 2. The quantitative estimate of drug-likeness (QED) is 0.723. The number of para-hydroxylation sites is 3. The Balaban J connectivity index is 1.80. The second kappa shape index (κ2) is 9.46. The van der Waals surface area contributed by atoms with Crippen LogP contribution in [0, 0.1) is 0 Å². The summed E-state index contributed by atoms with van der Waals surface area (Å²) in [6.45, 7) is 4.47. The van der Waals surface area contributed by atoms with Gasteiger partial charge in [0.15, 0.2) is 11.5 Å². The summed E-state index contributed by atoms with van der Waals surface area (Å²) >= 11 is 0. The molecule has 1 atom stereocenters. The van der Waals surface area contributed by atoms with Gasteiger partial charge in [-0.1, -0.05) is 30.3 Å². The van der Waals surface area contributed by atoms with Crippen LogP contribution in [0.3, 0.4) is 0 Å². The molecule has 140 valence electrons. The highest BCUT2D eigenvalue weighted by Gasteiger charge is 2.21. The van der Waals surface area contributed by atoms with E-state index in [9.17, 15) is 0 Å². The fourth-order valence-electron chi connectivity index (χ4n) is 3.20. The zero-order valence-electron chi connectivity index (χ0n) is 15.5. The highest BCUT2D eigenvalue weighted by atomic mass is 16.5. The molecule has 1 fully saturated rings. The number of rotatable bonds is 8. The number of benzene rings is 2. The van der Waals surface area contributed by atoms with E-state index < -0.39 is 0 Å². The molecule has 2 aromatic carbocycles. The van der Waals surface area contributed by atoms with Crippen LogP contribution in [0.2, 0.25) is 0 Å². The molecule has 1 saturated heterocycles. The van der Waals surface area contributed by atoms with Crippen molar-refractivity contribution < 1.29 is 18.9 Å². The summed E-state index contributed by atoms with van der Waals surface area (Å²) < 4.78 is 22.9. The molecule has 0 aromatic heterocycles. The minimum atomic E-state index is -0.120. The van der Waals surface area contributed by atoms with Gasteiger partial charge in [0.2, 0.25) is 0 Å². The number of hydrogen-bond donors (Lipinski definition) is 0. The lowest BCUT2D eigenvalue weighted by Gasteiger charge is -2.29. The van der Waals surface area contributed by atoms with E-state index in [1.807, 2.05) is 42.5 Å².